The van der Waals surface area contributed by atoms with E-state index in [9.17, 15) is 4.79 Å². The summed E-state index contributed by atoms with van der Waals surface area (Å²) in [6.45, 7) is 4.86. The van der Waals surface area contributed by atoms with Crippen LogP contribution < -0.4 is 0 Å². The summed E-state index contributed by atoms with van der Waals surface area (Å²) >= 11 is 3.61. The van der Waals surface area contributed by atoms with Crippen LogP contribution in [0.25, 0.3) is 0 Å². The van der Waals surface area contributed by atoms with Crippen LogP contribution in [0.4, 0.5) is 4.79 Å². The van der Waals surface area contributed by atoms with Gasteiger partial charge in [-0.25, -0.2) is 4.79 Å². The zero-order chi connectivity index (χ0) is 22.7. The molecule has 0 aromatic carbocycles. The molecule has 4 rings (SSSR count). The molecule has 174 valence electrons. The van der Waals surface area contributed by atoms with E-state index in [2.05, 4.69) is 41.1 Å². The van der Waals surface area contributed by atoms with E-state index in [-0.39, 0.29) is 12.1 Å². The molecule has 0 aromatic rings. The fourth-order valence-corrected chi connectivity index (χ4v) is 5.11. The predicted octanol–water partition coefficient (Wildman–Crippen LogP) is 5.26. The summed E-state index contributed by atoms with van der Waals surface area (Å²) in [4.78, 5) is 17.2. The van der Waals surface area contributed by atoms with Gasteiger partial charge in [0.05, 0.1) is 20.3 Å². The average molecular weight is 505 g/mol. The molecule has 3 aliphatic carbocycles. The molecule has 0 radical (unpaired) electrons. The lowest BCUT2D eigenvalue weighted by Crippen LogP contribution is -2.49. The van der Waals surface area contributed by atoms with Crippen LogP contribution in [0.1, 0.15) is 39.0 Å². The number of carbonyl (C=O) groups excluding carboxylic acids is 1. The van der Waals surface area contributed by atoms with E-state index in [4.69, 9.17) is 14.2 Å². The smallest absolute Gasteiger partial charge is 0.324 e. The molecule has 2 amide bonds. The van der Waals surface area contributed by atoms with Crippen LogP contribution >= 0.6 is 15.9 Å². The first kappa shape index (κ1) is 23.2. The second-order valence-corrected chi connectivity index (χ2v) is 9.44. The molecular formula is C25H33BrN2O4. The Morgan fingerprint density at radius 3 is 2.78 bits per heavy atom. The van der Waals surface area contributed by atoms with Crippen molar-refractivity contribution in [2.45, 2.75) is 45.1 Å². The Hall–Kier alpha value is -1.99. The first-order chi connectivity index (χ1) is 15.6. The molecule has 6 nitrogen and oxygen atoms in total. The van der Waals surface area contributed by atoms with Gasteiger partial charge < -0.3 is 19.1 Å². The molecule has 1 aliphatic heterocycles. The zero-order valence-corrected chi connectivity index (χ0v) is 20.8. The number of urea groups is 1. The Bertz CT molecular complexity index is 902. The Morgan fingerprint density at radius 1 is 1.19 bits per heavy atom. The van der Waals surface area contributed by atoms with Crippen molar-refractivity contribution in [3.8, 4) is 0 Å². The molecule has 1 saturated heterocycles. The van der Waals surface area contributed by atoms with Crippen LogP contribution in [0.3, 0.4) is 0 Å². The summed E-state index contributed by atoms with van der Waals surface area (Å²) in [7, 11) is 3.40. The number of amides is 2. The summed E-state index contributed by atoms with van der Waals surface area (Å²) in [5.41, 5.74) is 3.25. The molecule has 2 unspecified atom stereocenters. The fourth-order valence-electron chi connectivity index (χ4n) is 4.48. The second-order valence-electron chi connectivity index (χ2n) is 8.59. The van der Waals surface area contributed by atoms with Crippen molar-refractivity contribution in [3.63, 3.8) is 0 Å². The van der Waals surface area contributed by atoms with Gasteiger partial charge in [-0.15, -0.1) is 0 Å². The number of hydrogen-bond donors (Lipinski definition) is 0. The van der Waals surface area contributed by atoms with Gasteiger partial charge in [0, 0.05) is 54.4 Å². The quantitative estimate of drug-likeness (QED) is 0.381. The summed E-state index contributed by atoms with van der Waals surface area (Å²) in [6.07, 6.45) is 13.2. The maximum absolute atomic E-state index is 13.4. The third kappa shape index (κ3) is 4.84. The minimum absolute atomic E-state index is 0.0299. The number of halogens is 1. The standard InChI is InChI=1S/C25H33BrN2O4/c1-4-5-6-12-32-23-14-18(8-9-21(23)30-2)28-11-7-10-27(25(28)29)16-17-13-19-20(24(19)26)15-22(17)31-3/h8,13-15,20-21H,4-7,9-12,16H2,1-3H3. The zero-order valence-electron chi connectivity index (χ0n) is 19.2. The van der Waals surface area contributed by atoms with Crippen molar-refractivity contribution in [2.24, 2.45) is 5.92 Å². The number of rotatable bonds is 10. The van der Waals surface area contributed by atoms with Crippen molar-refractivity contribution in [1.29, 1.82) is 0 Å². The van der Waals surface area contributed by atoms with E-state index in [0.29, 0.717) is 32.0 Å². The van der Waals surface area contributed by atoms with Gasteiger partial charge in [0.1, 0.15) is 17.6 Å². The number of carbonyl (C=O) groups is 1. The number of allylic oxidation sites excluding steroid dienone is 5. The van der Waals surface area contributed by atoms with Crippen LogP contribution in [0.2, 0.25) is 0 Å². The third-order valence-electron chi connectivity index (χ3n) is 6.42. The molecule has 0 N–H and O–H groups in total. The lowest BCUT2D eigenvalue weighted by atomic mass is 10.0. The highest BCUT2D eigenvalue weighted by molar-refractivity contribution is 9.12. The average Bonchev–Trinajstić information content (AvgIpc) is 3.45. The number of ether oxygens (including phenoxy) is 3. The van der Waals surface area contributed by atoms with Gasteiger partial charge in [0.15, 0.2) is 0 Å². The highest BCUT2D eigenvalue weighted by atomic mass is 79.9. The Labute approximate surface area is 199 Å². The minimum Gasteiger partial charge on any atom is -0.497 e. The number of fused-ring (bicyclic) bond motifs is 1. The highest BCUT2D eigenvalue weighted by Gasteiger charge is 2.37. The molecule has 0 saturated carbocycles. The first-order valence-electron chi connectivity index (χ1n) is 11.6. The largest absolute Gasteiger partial charge is 0.497 e. The maximum Gasteiger partial charge on any atom is 0.324 e. The Kier molecular flexibility index (Phi) is 7.46. The number of unbranched alkanes of at least 4 members (excludes halogenated alkanes) is 2. The van der Waals surface area contributed by atoms with Gasteiger partial charge in [-0.3, -0.25) is 4.90 Å². The van der Waals surface area contributed by atoms with Crippen molar-refractivity contribution in [2.75, 3.05) is 40.5 Å². The summed E-state index contributed by atoms with van der Waals surface area (Å²) in [5.74, 6) is 2.03. The molecule has 0 spiro atoms. The molecule has 0 aromatic heterocycles. The Morgan fingerprint density at radius 2 is 2.03 bits per heavy atom. The fraction of sp³-hybridized carbons (Fsp3) is 0.560. The maximum atomic E-state index is 13.4. The molecule has 4 aliphatic rings. The van der Waals surface area contributed by atoms with Crippen LogP contribution in [-0.2, 0) is 14.2 Å². The second kappa shape index (κ2) is 10.3. The first-order valence-corrected chi connectivity index (χ1v) is 12.4. The predicted molar refractivity (Wildman–Crippen MR) is 128 cm³/mol. The van der Waals surface area contributed by atoms with Crippen molar-refractivity contribution < 1.29 is 19.0 Å². The van der Waals surface area contributed by atoms with Gasteiger partial charge in [0.2, 0.25) is 0 Å². The summed E-state index contributed by atoms with van der Waals surface area (Å²) in [6, 6.07) is 0.0299. The summed E-state index contributed by atoms with van der Waals surface area (Å²) < 4.78 is 18.5. The van der Waals surface area contributed by atoms with Crippen LogP contribution in [0, 0.1) is 5.92 Å². The lowest BCUT2D eigenvalue weighted by Gasteiger charge is -2.38. The van der Waals surface area contributed by atoms with Gasteiger partial charge in [-0.2, -0.15) is 0 Å². The van der Waals surface area contributed by atoms with Crippen LogP contribution in [0.5, 0.6) is 0 Å². The molecule has 1 heterocycles. The number of hydrogen-bond acceptors (Lipinski definition) is 4. The molecule has 0 bridgehead atoms. The van der Waals surface area contributed by atoms with Gasteiger partial charge in [-0.05, 0) is 30.6 Å². The molecule has 7 heteroatoms. The van der Waals surface area contributed by atoms with Crippen LogP contribution in [-0.4, -0.2) is 62.4 Å². The van der Waals surface area contributed by atoms with E-state index in [1.807, 2.05) is 15.9 Å². The van der Waals surface area contributed by atoms with Crippen molar-refractivity contribution >= 4 is 22.0 Å². The SMILES string of the molecule is CCCCCOC1=CC(N2CCCN(CC3=CC4=C(Br)C4C=C3OC)C2=O)=CCC1OC. The molecule has 2 atom stereocenters. The van der Waals surface area contributed by atoms with E-state index in [1.165, 1.54) is 10.1 Å². The highest BCUT2D eigenvalue weighted by Crippen LogP contribution is 2.50. The topological polar surface area (TPSA) is 51.2 Å². The van der Waals surface area contributed by atoms with Gasteiger partial charge in [0.25, 0.3) is 0 Å². The van der Waals surface area contributed by atoms with E-state index in [1.54, 1.807) is 14.2 Å². The third-order valence-corrected chi connectivity index (χ3v) is 7.37. The van der Waals surface area contributed by atoms with Crippen LogP contribution in [0.15, 0.2) is 57.1 Å². The van der Waals surface area contributed by atoms with Crippen molar-refractivity contribution in [1.82, 2.24) is 9.80 Å². The normalized spacial score (nSPS) is 25.1. The Balaban J connectivity index is 1.44. The van der Waals surface area contributed by atoms with Gasteiger partial charge >= 0.3 is 6.03 Å². The molecule has 32 heavy (non-hydrogen) atoms. The van der Waals surface area contributed by atoms with E-state index >= 15 is 0 Å². The molecular weight excluding hydrogens is 472 g/mol. The summed E-state index contributed by atoms with van der Waals surface area (Å²) in [5, 5.41) is 0. The van der Waals surface area contributed by atoms with Gasteiger partial charge in [-0.1, -0.05) is 41.8 Å². The van der Waals surface area contributed by atoms with E-state index < -0.39 is 0 Å². The van der Waals surface area contributed by atoms with E-state index in [0.717, 1.165) is 55.0 Å². The molecule has 1 fully saturated rings. The minimum atomic E-state index is -0.0867. The number of methoxy groups -OCH3 is 2. The number of nitrogens with zero attached hydrogens (tertiary/aromatic N) is 2. The monoisotopic (exact) mass is 504 g/mol. The van der Waals surface area contributed by atoms with Crippen molar-refractivity contribution in [3.05, 3.63) is 57.1 Å². The lowest BCUT2D eigenvalue weighted by molar-refractivity contribution is 0.0603.